The Kier molecular flexibility index (Phi) is 7.77. The summed E-state index contributed by atoms with van der Waals surface area (Å²) in [5, 5.41) is 9.00. The molecule has 2 aromatic carbocycles. The van der Waals surface area contributed by atoms with Crippen LogP contribution in [0.3, 0.4) is 0 Å². The van der Waals surface area contributed by atoms with Gasteiger partial charge in [-0.2, -0.15) is 0 Å². The van der Waals surface area contributed by atoms with Crippen LogP contribution in [0.1, 0.15) is 22.8 Å². The Balaban J connectivity index is 1.86. The molecule has 2 amide bonds. The van der Waals surface area contributed by atoms with E-state index >= 15 is 0 Å². The number of carbonyl (C=O) groups is 2. The standard InChI is InChI=1S/C23H22ClN5O3/c1-15(30)27-19-7-3-6-17(11-19)22(31)29-23(26-14-16-5-4-10-25-13-16)28-20-12-18(24)8-9-21(20)32-2/h3-13H,14H2,1-2H3,(H,27,30)(H2,26,28,29,31). The van der Waals surface area contributed by atoms with E-state index in [-0.39, 0.29) is 18.4 Å². The van der Waals surface area contributed by atoms with Crippen molar-refractivity contribution in [1.29, 1.82) is 0 Å². The highest BCUT2D eigenvalue weighted by atomic mass is 35.5. The molecule has 32 heavy (non-hydrogen) atoms. The summed E-state index contributed by atoms with van der Waals surface area (Å²) in [6.45, 7) is 1.68. The molecule has 0 aliphatic heterocycles. The van der Waals surface area contributed by atoms with Crippen LogP contribution in [0, 0.1) is 0 Å². The summed E-state index contributed by atoms with van der Waals surface area (Å²) in [6, 6.07) is 15.4. The Morgan fingerprint density at radius 3 is 2.66 bits per heavy atom. The number of guanidine groups is 1. The quantitative estimate of drug-likeness (QED) is 0.386. The average Bonchev–Trinajstić information content (AvgIpc) is 2.78. The number of aromatic nitrogens is 1. The number of hydrogen-bond donors (Lipinski definition) is 3. The number of nitrogens with one attached hydrogen (secondary N) is 3. The largest absolute Gasteiger partial charge is 0.495 e. The Hall–Kier alpha value is -3.91. The second kappa shape index (κ2) is 10.9. The van der Waals surface area contributed by atoms with Crippen LogP contribution in [0.2, 0.25) is 5.02 Å². The highest BCUT2D eigenvalue weighted by Crippen LogP contribution is 2.27. The lowest BCUT2D eigenvalue weighted by Crippen LogP contribution is -2.36. The molecule has 0 saturated carbocycles. The minimum Gasteiger partial charge on any atom is -0.495 e. The number of ether oxygens (including phenoxy) is 1. The van der Waals surface area contributed by atoms with Crippen LogP contribution in [-0.2, 0) is 11.3 Å². The maximum atomic E-state index is 12.9. The van der Waals surface area contributed by atoms with E-state index in [1.807, 2.05) is 12.1 Å². The fourth-order valence-corrected chi connectivity index (χ4v) is 2.97. The molecule has 0 aliphatic carbocycles. The first-order chi connectivity index (χ1) is 15.4. The summed E-state index contributed by atoms with van der Waals surface area (Å²) >= 11 is 6.13. The van der Waals surface area contributed by atoms with Gasteiger partial charge in [0, 0.05) is 35.6 Å². The number of anilines is 2. The lowest BCUT2D eigenvalue weighted by molar-refractivity contribution is -0.114. The fraction of sp³-hybridized carbons (Fsp3) is 0.130. The molecular formula is C23H22ClN5O3. The smallest absolute Gasteiger partial charge is 0.258 e. The highest BCUT2D eigenvalue weighted by molar-refractivity contribution is 6.31. The number of hydrogen-bond acceptors (Lipinski definition) is 5. The van der Waals surface area contributed by atoms with Crippen LogP contribution in [0.4, 0.5) is 11.4 Å². The fourth-order valence-electron chi connectivity index (χ4n) is 2.80. The highest BCUT2D eigenvalue weighted by Gasteiger charge is 2.13. The first-order valence-corrected chi connectivity index (χ1v) is 10.1. The second-order valence-electron chi connectivity index (χ2n) is 6.71. The van der Waals surface area contributed by atoms with Crippen molar-refractivity contribution in [2.24, 2.45) is 4.99 Å². The monoisotopic (exact) mass is 451 g/mol. The molecule has 0 unspecified atom stereocenters. The van der Waals surface area contributed by atoms with Gasteiger partial charge in [0.2, 0.25) is 11.9 Å². The number of methoxy groups -OCH3 is 1. The third-order valence-electron chi connectivity index (χ3n) is 4.23. The van der Waals surface area contributed by atoms with Gasteiger partial charge in [-0.3, -0.25) is 19.9 Å². The van der Waals surface area contributed by atoms with E-state index in [4.69, 9.17) is 16.3 Å². The SMILES string of the molecule is COc1ccc(Cl)cc1NC(=NCc1cccnc1)NC(=O)c1cccc(NC(C)=O)c1. The zero-order chi connectivity index (χ0) is 22.9. The maximum absolute atomic E-state index is 12.9. The molecule has 0 bridgehead atoms. The van der Waals surface area contributed by atoms with Gasteiger partial charge in [-0.25, -0.2) is 4.99 Å². The van der Waals surface area contributed by atoms with E-state index in [1.165, 1.54) is 14.0 Å². The van der Waals surface area contributed by atoms with Gasteiger partial charge in [-0.15, -0.1) is 0 Å². The van der Waals surface area contributed by atoms with Gasteiger partial charge >= 0.3 is 0 Å². The van der Waals surface area contributed by atoms with Crippen LogP contribution < -0.4 is 20.7 Å². The van der Waals surface area contributed by atoms with E-state index < -0.39 is 5.91 Å². The molecule has 3 N–H and O–H groups in total. The van der Waals surface area contributed by atoms with E-state index in [0.717, 1.165) is 5.56 Å². The van der Waals surface area contributed by atoms with E-state index in [0.29, 0.717) is 27.7 Å². The molecular weight excluding hydrogens is 430 g/mol. The minimum absolute atomic E-state index is 0.198. The molecule has 1 heterocycles. The summed E-state index contributed by atoms with van der Waals surface area (Å²) < 4.78 is 5.37. The maximum Gasteiger partial charge on any atom is 0.258 e. The molecule has 0 radical (unpaired) electrons. The van der Waals surface area contributed by atoms with E-state index in [9.17, 15) is 9.59 Å². The Morgan fingerprint density at radius 1 is 1.09 bits per heavy atom. The number of nitrogens with zero attached hydrogens (tertiary/aromatic N) is 2. The van der Waals surface area contributed by atoms with Gasteiger partial charge in [0.25, 0.3) is 5.91 Å². The van der Waals surface area contributed by atoms with Crippen molar-refractivity contribution in [3.63, 3.8) is 0 Å². The number of benzene rings is 2. The van der Waals surface area contributed by atoms with Gasteiger partial charge in [0.15, 0.2) is 0 Å². The van der Waals surface area contributed by atoms with Crippen molar-refractivity contribution in [2.75, 3.05) is 17.7 Å². The number of pyridine rings is 1. The molecule has 164 valence electrons. The van der Waals surface area contributed by atoms with Crippen LogP contribution in [-0.4, -0.2) is 29.9 Å². The van der Waals surface area contributed by atoms with Crippen LogP contribution in [0.15, 0.2) is 72.0 Å². The molecule has 0 atom stereocenters. The van der Waals surface area contributed by atoms with Crippen molar-refractivity contribution >= 4 is 40.7 Å². The van der Waals surface area contributed by atoms with E-state index in [2.05, 4.69) is 25.9 Å². The normalized spacial score (nSPS) is 10.9. The van der Waals surface area contributed by atoms with Gasteiger partial charge in [0.05, 0.1) is 19.3 Å². The van der Waals surface area contributed by atoms with Crippen molar-refractivity contribution < 1.29 is 14.3 Å². The van der Waals surface area contributed by atoms with Gasteiger partial charge < -0.3 is 15.4 Å². The van der Waals surface area contributed by atoms with Crippen molar-refractivity contribution in [3.8, 4) is 5.75 Å². The molecule has 0 aliphatic rings. The molecule has 0 saturated heterocycles. The Bertz CT molecular complexity index is 1140. The van der Waals surface area contributed by atoms with Gasteiger partial charge in [-0.05, 0) is 48.0 Å². The summed E-state index contributed by atoms with van der Waals surface area (Å²) in [5.74, 6) is 0.0985. The lowest BCUT2D eigenvalue weighted by Gasteiger charge is -2.15. The molecule has 3 rings (SSSR count). The van der Waals surface area contributed by atoms with Crippen molar-refractivity contribution in [3.05, 3.63) is 83.1 Å². The molecule has 0 spiro atoms. The predicted molar refractivity (Wildman–Crippen MR) is 125 cm³/mol. The van der Waals surface area contributed by atoms with Crippen LogP contribution in [0.5, 0.6) is 5.75 Å². The second-order valence-corrected chi connectivity index (χ2v) is 7.15. The van der Waals surface area contributed by atoms with Crippen LogP contribution >= 0.6 is 11.6 Å². The summed E-state index contributed by atoms with van der Waals surface area (Å²) in [5.41, 5.74) is 2.28. The number of amides is 2. The first-order valence-electron chi connectivity index (χ1n) is 9.67. The number of halogens is 1. The summed E-state index contributed by atoms with van der Waals surface area (Å²) in [6.07, 6.45) is 3.37. The van der Waals surface area contributed by atoms with Crippen LogP contribution in [0.25, 0.3) is 0 Å². The van der Waals surface area contributed by atoms with Gasteiger partial charge in [0.1, 0.15) is 5.75 Å². The number of carbonyl (C=O) groups excluding carboxylic acids is 2. The van der Waals surface area contributed by atoms with Crippen molar-refractivity contribution in [2.45, 2.75) is 13.5 Å². The Morgan fingerprint density at radius 2 is 1.94 bits per heavy atom. The van der Waals surface area contributed by atoms with Crippen molar-refractivity contribution in [1.82, 2.24) is 10.3 Å². The molecule has 0 fully saturated rings. The third kappa shape index (κ3) is 6.55. The summed E-state index contributed by atoms with van der Waals surface area (Å²) in [4.78, 5) is 32.8. The lowest BCUT2D eigenvalue weighted by atomic mass is 10.2. The average molecular weight is 452 g/mol. The van der Waals surface area contributed by atoms with Gasteiger partial charge in [-0.1, -0.05) is 23.7 Å². The first kappa shape index (κ1) is 22.8. The topological polar surface area (TPSA) is 105 Å². The molecule has 9 heteroatoms. The Labute approximate surface area is 190 Å². The molecule has 1 aromatic heterocycles. The number of rotatable bonds is 6. The van der Waals surface area contributed by atoms with E-state index in [1.54, 1.807) is 54.9 Å². The summed E-state index contributed by atoms with van der Waals surface area (Å²) in [7, 11) is 1.53. The third-order valence-corrected chi connectivity index (χ3v) is 4.47. The minimum atomic E-state index is -0.407. The molecule has 3 aromatic rings. The predicted octanol–water partition coefficient (Wildman–Crippen LogP) is 4.10. The zero-order valence-electron chi connectivity index (χ0n) is 17.6. The molecule has 8 nitrogen and oxygen atoms in total. The number of aliphatic imine (C=N–C) groups is 1. The zero-order valence-corrected chi connectivity index (χ0v) is 18.3.